The van der Waals surface area contributed by atoms with Gasteiger partial charge in [0.1, 0.15) is 6.04 Å². The Morgan fingerprint density at radius 3 is 2.25 bits per heavy atom. The van der Waals surface area contributed by atoms with Crippen molar-refractivity contribution in [1.29, 1.82) is 0 Å². The summed E-state index contributed by atoms with van der Waals surface area (Å²) in [6.07, 6.45) is 0.863. The fraction of sp³-hybridized carbons (Fsp3) is 0.700. The maximum absolute atomic E-state index is 11.2. The molecule has 0 aliphatic carbocycles. The van der Waals surface area contributed by atoms with Crippen molar-refractivity contribution in [2.75, 3.05) is 6.54 Å². The van der Waals surface area contributed by atoms with E-state index in [-0.39, 0.29) is 24.7 Å². The number of carbonyl (C=O) groups excluding carboxylic acids is 2. The molecule has 0 spiro atoms. The van der Waals surface area contributed by atoms with E-state index >= 15 is 0 Å². The van der Waals surface area contributed by atoms with Crippen LogP contribution in [0.4, 0.5) is 0 Å². The third kappa shape index (κ3) is 6.80. The van der Waals surface area contributed by atoms with Gasteiger partial charge in [-0.25, -0.2) is 0 Å². The van der Waals surface area contributed by atoms with Crippen LogP contribution in [0.1, 0.15) is 33.1 Å². The molecule has 6 heteroatoms. The van der Waals surface area contributed by atoms with Crippen LogP contribution in [-0.4, -0.2) is 35.5 Å². The number of hydrogen-bond acceptors (Lipinski definition) is 3. The summed E-state index contributed by atoms with van der Waals surface area (Å²) in [6, 6.07) is -0.892. The zero-order chi connectivity index (χ0) is 12.6. The molecule has 16 heavy (non-hydrogen) atoms. The van der Waals surface area contributed by atoms with Crippen molar-refractivity contribution in [2.24, 2.45) is 0 Å². The van der Waals surface area contributed by atoms with E-state index in [0.29, 0.717) is 13.0 Å². The van der Waals surface area contributed by atoms with Crippen molar-refractivity contribution in [3.63, 3.8) is 0 Å². The Labute approximate surface area is 94.4 Å². The summed E-state index contributed by atoms with van der Waals surface area (Å²) in [5, 5.41) is 13.5. The molecule has 0 bridgehead atoms. The van der Waals surface area contributed by atoms with Gasteiger partial charge < -0.3 is 15.7 Å². The minimum absolute atomic E-state index is 0.0958. The summed E-state index contributed by atoms with van der Waals surface area (Å²) in [4.78, 5) is 32.6. The lowest BCUT2D eigenvalue weighted by molar-refractivity contribution is -0.141. The van der Waals surface area contributed by atoms with Crippen LogP contribution in [0.3, 0.4) is 0 Å². The topological polar surface area (TPSA) is 95.5 Å². The second-order valence-electron chi connectivity index (χ2n) is 3.43. The molecular weight excluding hydrogens is 212 g/mol. The Kier molecular flexibility index (Phi) is 6.91. The van der Waals surface area contributed by atoms with Gasteiger partial charge in [0.2, 0.25) is 11.8 Å². The molecular formula is C10H18N2O4. The van der Waals surface area contributed by atoms with Gasteiger partial charge >= 0.3 is 5.97 Å². The van der Waals surface area contributed by atoms with Gasteiger partial charge in [-0.1, -0.05) is 0 Å². The zero-order valence-electron chi connectivity index (χ0n) is 9.58. The zero-order valence-corrected chi connectivity index (χ0v) is 9.58. The van der Waals surface area contributed by atoms with Gasteiger partial charge in [0.25, 0.3) is 0 Å². The summed E-state index contributed by atoms with van der Waals surface area (Å²) in [7, 11) is 0. The first-order valence-electron chi connectivity index (χ1n) is 5.26. The molecule has 6 nitrogen and oxygen atoms in total. The molecule has 0 radical (unpaired) electrons. The molecule has 0 heterocycles. The average molecular weight is 230 g/mol. The Hall–Kier alpha value is -1.59. The molecule has 92 valence electrons. The molecule has 0 aromatic heterocycles. The van der Waals surface area contributed by atoms with E-state index < -0.39 is 12.0 Å². The molecule has 0 saturated heterocycles. The SMILES string of the molecule is CCNC(=O)CCCC(=O)N[C@H](C)C(=O)O. The maximum Gasteiger partial charge on any atom is 0.325 e. The minimum Gasteiger partial charge on any atom is -0.480 e. The largest absolute Gasteiger partial charge is 0.480 e. The lowest BCUT2D eigenvalue weighted by Crippen LogP contribution is -2.38. The number of carboxylic acid groups (broad SMARTS) is 1. The molecule has 0 fully saturated rings. The van der Waals surface area contributed by atoms with Crippen molar-refractivity contribution in [3.05, 3.63) is 0 Å². The number of nitrogens with one attached hydrogen (secondary N) is 2. The monoisotopic (exact) mass is 230 g/mol. The molecule has 0 saturated carbocycles. The third-order valence-electron chi connectivity index (χ3n) is 1.93. The number of rotatable bonds is 7. The van der Waals surface area contributed by atoms with Crippen LogP contribution in [-0.2, 0) is 14.4 Å². The van der Waals surface area contributed by atoms with Gasteiger partial charge in [0.15, 0.2) is 0 Å². The summed E-state index contributed by atoms with van der Waals surface area (Å²) in [5.41, 5.74) is 0. The molecule has 0 aromatic carbocycles. The highest BCUT2D eigenvalue weighted by atomic mass is 16.4. The van der Waals surface area contributed by atoms with Crippen molar-refractivity contribution >= 4 is 17.8 Å². The summed E-state index contributed by atoms with van der Waals surface area (Å²) >= 11 is 0. The van der Waals surface area contributed by atoms with E-state index in [1.807, 2.05) is 6.92 Å². The van der Waals surface area contributed by atoms with Crippen LogP contribution in [0.5, 0.6) is 0 Å². The number of amides is 2. The van der Waals surface area contributed by atoms with Crippen molar-refractivity contribution in [1.82, 2.24) is 10.6 Å². The predicted molar refractivity (Wildman–Crippen MR) is 57.8 cm³/mol. The van der Waals surface area contributed by atoms with Gasteiger partial charge in [-0.3, -0.25) is 14.4 Å². The Morgan fingerprint density at radius 2 is 1.75 bits per heavy atom. The van der Waals surface area contributed by atoms with Crippen LogP contribution < -0.4 is 10.6 Å². The minimum atomic E-state index is -1.07. The van der Waals surface area contributed by atoms with E-state index in [0.717, 1.165) is 0 Å². The first-order valence-corrected chi connectivity index (χ1v) is 5.26. The Morgan fingerprint density at radius 1 is 1.19 bits per heavy atom. The van der Waals surface area contributed by atoms with E-state index in [9.17, 15) is 14.4 Å². The molecule has 1 atom stereocenters. The van der Waals surface area contributed by atoms with Gasteiger partial charge in [-0.2, -0.15) is 0 Å². The standard InChI is InChI=1S/C10H18N2O4/c1-3-11-8(13)5-4-6-9(14)12-7(2)10(15)16/h7H,3-6H2,1-2H3,(H,11,13)(H,12,14)(H,15,16)/t7-/m1/s1. The van der Waals surface area contributed by atoms with Crippen LogP contribution in [0.15, 0.2) is 0 Å². The molecule has 2 amide bonds. The van der Waals surface area contributed by atoms with Gasteiger partial charge in [0, 0.05) is 19.4 Å². The Balaban J connectivity index is 3.66. The summed E-state index contributed by atoms with van der Waals surface area (Å²) < 4.78 is 0. The van der Waals surface area contributed by atoms with Crippen molar-refractivity contribution in [3.8, 4) is 0 Å². The van der Waals surface area contributed by atoms with Crippen LogP contribution in [0, 0.1) is 0 Å². The first-order chi connectivity index (χ1) is 7.47. The molecule has 0 unspecified atom stereocenters. The lowest BCUT2D eigenvalue weighted by atomic mass is 10.2. The fourth-order valence-corrected chi connectivity index (χ4v) is 1.07. The highest BCUT2D eigenvalue weighted by molar-refractivity contribution is 5.83. The smallest absolute Gasteiger partial charge is 0.325 e. The van der Waals surface area contributed by atoms with Crippen molar-refractivity contribution < 1.29 is 19.5 Å². The third-order valence-corrected chi connectivity index (χ3v) is 1.93. The normalized spacial score (nSPS) is 11.6. The molecule has 0 aromatic rings. The van der Waals surface area contributed by atoms with E-state index in [2.05, 4.69) is 10.6 Å². The van der Waals surface area contributed by atoms with Crippen LogP contribution in [0.25, 0.3) is 0 Å². The highest BCUT2D eigenvalue weighted by Gasteiger charge is 2.13. The molecule has 0 aliphatic rings. The second-order valence-corrected chi connectivity index (χ2v) is 3.43. The number of hydrogen-bond donors (Lipinski definition) is 3. The average Bonchev–Trinajstić information content (AvgIpc) is 2.17. The first kappa shape index (κ1) is 14.4. The summed E-state index contributed by atoms with van der Waals surface area (Å²) in [5.74, 6) is -1.52. The van der Waals surface area contributed by atoms with E-state index in [1.54, 1.807) is 0 Å². The van der Waals surface area contributed by atoms with Gasteiger partial charge in [-0.15, -0.1) is 0 Å². The Bertz CT molecular complexity index is 266. The van der Waals surface area contributed by atoms with Crippen molar-refractivity contribution in [2.45, 2.75) is 39.2 Å². The molecule has 0 rings (SSSR count). The van der Waals surface area contributed by atoms with Crippen LogP contribution in [0.2, 0.25) is 0 Å². The van der Waals surface area contributed by atoms with Crippen LogP contribution >= 0.6 is 0 Å². The molecule has 0 aliphatic heterocycles. The van der Waals surface area contributed by atoms with Gasteiger partial charge in [0.05, 0.1) is 0 Å². The number of carbonyl (C=O) groups is 3. The number of carboxylic acids is 1. The second kappa shape index (κ2) is 7.67. The van der Waals surface area contributed by atoms with E-state index in [1.165, 1.54) is 6.92 Å². The maximum atomic E-state index is 11.2. The lowest BCUT2D eigenvalue weighted by Gasteiger charge is -2.08. The van der Waals surface area contributed by atoms with Gasteiger partial charge in [-0.05, 0) is 20.3 Å². The molecule has 3 N–H and O–H groups in total. The summed E-state index contributed by atoms with van der Waals surface area (Å²) in [6.45, 7) is 3.78. The quantitative estimate of drug-likeness (QED) is 0.568. The number of aliphatic carboxylic acids is 1. The predicted octanol–water partition coefficient (Wildman–Crippen LogP) is -0.118. The highest BCUT2D eigenvalue weighted by Crippen LogP contribution is 1.96. The van der Waals surface area contributed by atoms with E-state index in [4.69, 9.17) is 5.11 Å². The fourth-order valence-electron chi connectivity index (χ4n) is 1.07.